The van der Waals surface area contributed by atoms with E-state index < -0.39 is 11.9 Å². The van der Waals surface area contributed by atoms with Gasteiger partial charge in [0.25, 0.3) is 5.91 Å². The number of aromatic nitrogens is 2. The van der Waals surface area contributed by atoms with E-state index in [0.29, 0.717) is 24.5 Å². The molecule has 1 unspecified atom stereocenters. The van der Waals surface area contributed by atoms with Crippen molar-refractivity contribution in [2.24, 2.45) is 5.92 Å². The van der Waals surface area contributed by atoms with Crippen molar-refractivity contribution in [3.05, 3.63) is 87.7 Å². The van der Waals surface area contributed by atoms with E-state index in [1.165, 1.54) is 6.07 Å². The van der Waals surface area contributed by atoms with Gasteiger partial charge in [0.1, 0.15) is 6.04 Å². The zero-order valence-corrected chi connectivity index (χ0v) is 20.5. The van der Waals surface area contributed by atoms with E-state index in [4.69, 9.17) is 23.2 Å². The molecule has 1 N–H and O–H groups in total. The maximum Gasteiger partial charge on any atom is 0.253 e. The fourth-order valence-corrected chi connectivity index (χ4v) is 4.06. The van der Waals surface area contributed by atoms with Crippen molar-refractivity contribution in [3.8, 4) is 0 Å². The summed E-state index contributed by atoms with van der Waals surface area (Å²) in [7, 11) is 1.73. The number of hydrogen-bond acceptors (Lipinski definition) is 3. The molecule has 0 aliphatic carbocycles. The topological polar surface area (TPSA) is 67.2 Å². The van der Waals surface area contributed by atoms with Gasteiger partial charge < -0.3 is 10.2 Å². The second kappa shape index (κ2) is 11.3. The maximum atomic E-state index is 13.2. The molecule has 33 heavy (non-hydrogen) atoms. The average molecular weight is 487 g/mol. The molecular formula is C25H28Cl2N4O2. The lowest BCUT2D eigenvalue weighted by Gasteiger charge is -2.25. The fourth-order valence-electron chi connectivity index (χ4n) is 3.57. The van der Waals surface area contributed by atoms with Gasteiger partial charge in [-0.3, -0.25) is 14.3 Å². The molecule has 3 rings (SSSR count). The van der Waals surface area contributed by atoms with E-state index in [1.54, 1.807) is 30.3 Å². The highest BCUT2D eigenvalue weighted by atomic mass is 35.5. The van der Waals surface area contributed by atoms with Crippen molar-refractivity contribution in [2.75, 3.05) is 7.05 Å². The lowest BCUT2D eigenvalue weighted by Crippen LogP contribution is -2.47. The zero-order chi connectivity index (χ0) is 24.0. The van der Waals surface area contributed by atoms with Crippen LogP contribution in [0.5, 0.6) is 0 Å². The average Bonchev–Trinajstić information content (AvgIpc) is 3.19. The van der Waals surface area contributed by atoms with Crippen LogP contribution in [-0.4, -0.2) is 39.6 Å². The van der Waals surface area contributed by atoms with Gasteiger partial charge in [0.2, 0.25) is 5.91 Å². The van der Waals surface area contributed by atoms with Crippen molar-refractivity contribution >= 4 is 35.0 Å². The first-order chi connectivity index (χ1) is 15.7. The number of carbonyl (C=O) groups is 2. The number of rotatable bonds is 9. The van der Waals surface area contributed by atoms with Crippen LogP contribution >= 0.6 is 23.2 Å². The second-order valence-corrected chi connectivity index (χ2v) is 9.35. The van der Waals surface area contributed by atoms with Crippen LogP contribution in [0.2, 0.25) is 10.0 Å². The van der Waals surface area contributed by atoms with Gasteiger partial charge in [0, 0.05) is 30.4 Å². The van der Waals surface area contributed by atoms with Crippen LogP contribution in [0.25, 0.3) is 0 Å². The Hall–Kier alpha value is -2.83. The lowest BCUT2D eigenvalue weighted by atomic mass is 10.0. The van der Waals surface area contributed by atoms with E-state index >= 15 is 0 Å². The number of nitrogens with zero attached hydrogens (tertiary/aromatic N) is 3. The summed E-state index contributed by atoms with van der Waals surface area (Å²) in [6.07, 6.45) is 4.20. The molecule has 0 bridgehead atoms. The van der Waals surface area contributed by atoms with Crippen molar-refractivity contribution < 1.29 is 9.59 Å². The fraction of sp³-hybridized carbons (Fsp3) is 0.320. The van der Waals surface area contributed by atoms with E-state index in [0.717, 1.165) is 11.1 Å². The van der Waals surface area contributed by atoms with Crippen molar-refractivity contribution in [2.45, 2.75) is 39.4 Å². The number of carbonyl (C=O) groups excluding carboxylic acids is 2. The van der Waals surface area contributed by atoms with Crippen LogP contribution in [0.3, 0.4) is 0 Å². The van der Waals surface area contributed by atoms with Crippen molar-refractivity contribution in [1.29, 1.82) is 0 Å². The molecule has 0 saturated carbocycles. The quantitative estimate of drug-likeness (QED) is 0.460. The van der Waals surface area contributed by atoms with Gasteiger partial charge in [-0.05, 0) is 36.1 Å². The summed E-state index contributed by atoms with van der Waals surface area (Å²) in [5.74, 6) is -0.361. The maximum absolute atomic E-state index is 13.2. The Labute approximate surface area is 204 Å². The molecule has 2 amide bonds. The normalized spacial score (nSPS) is 11.9. The molecule has 1 aromatic heterocycles. The predicted molar refractivity (Wildman–Crippen MR) is 131 cm³/mol. The molecule has 0 aliphatic rings. The molecule has 0 radical (unpaired) electrons. The molecule has 3 aromatic rings. The summed E-state index contributed by atoms with van der Waals surface area (Å²) in [5, 5.41) is 7.94. The third-order valence-electron chi connectivity index (χ3n) is 5.16. The third kappa shape index (κ3) is 7.07. The third-order valence-corrected chi connectivity index (χ3v) is 5.70. The zero-order valence-electron chi connectivity index (χ0n) is 19.0. The Bertz CT molecular complexity index is 1100. The molecule has 0 aliphatic heterocycles. The predicted octanol–water partition coefficient (Wildman–Crippen LogP) is 5.04. The monoisotopic (exact) mass is 486 g/mol. The minimum Gasteiger partial charge on any atom is -0.340 e. The summed E-state index contributed by atoms with van der Waals surface area (Å²) < 4.78 is 1.85. The number of amides is 2. The first-order valence-electron chi connectivity index (χ1n) is 10.8. The Morgan fingerprint density at radius 2 is 1.82 bits per heavy atom. The smallest absolute Gasteiger partial charge is 0.253 e. The van der Waals surface area contributed by atoms with E-state index in [1.807, 2.05) is 55.1 Å². The van der Waals surface area contributed by atoms with Crippen molar-refractivity contribution in [1.82, 2.24) is 20.0 Å². The van der Waals surface area contributed by atoms with Crippen LogP contribution in [-0.2, 0) is 17.9 Å². The number of nitrogens with one attached hydrogen (secondary N) is 1. The molecule has 0 spiro atoms. The van der Waals surface area contributed by atoms with Gasteiger partial charge in [-0.15, -0.1) is 0 Å². The first kappa shape index (κ1) is 24.8. The van der Waals surface area contributed by atoms with E-state index in [2.05, 4.69) is 10.4 Å². The minimum atomic E-state index is -0.673. The largest absolute Gasteiger partial charge is 0.340 e. The van der Waals surface area contributed by atoms with E-state index in [-0.39, 0.29) is 22.4 Å². The highest BCUT2D eigenvalue weighted by Gasteiger charge is 2.26. The van der Waals surface area contributed by atoms with Crippen LogP contribution in [0.4, 0.5) is 0 Å². The van der Waals surface area contributed by atoms with Gasteiger partial charge in [-0.25, -0.2) is 0 Å². The van der Waals surface area contributed by atoms with Gasteiger partial charge >= 0.3 is 0 Å². The van der Waals surface area contributed by atoms with Crippen LogP contribution < -0.4 is 5.32 Å². The summed E-state index contributed by atoms with van der Waals surface area (Å²) in [5.41, 5.74) is 2.35. The SMILES string of the molecule is CC(C)CC(NC(=O)c1ccc(Cl)cc1Cl)C(=O)N(C)Cc1cnn(Cc2ccccc2)c1. The van der Waals surface area contributed by atoms with Crippen LogP contribution in [0, 0.1) is 5.92 Å². The van der Waals surface area contributed by atoms with Crippen LogP contribution in [0.1, 0.15) is 41.8 Å². The molecule has 8 heteroatoms. The first-order valence-corrected chi connectivity index (χ1v) is 11.5. The standard InChI is InChI=1S/C25H28Cl2N4O2/c1-17(2)11-23(29-24(32)21-10-9-20(26)12-22(21)27)25(33)30(3)14-19-13-28-31(16-19)15-18-7-5-4-6-8-18/h4-10,12-13,16-17,23H,11,14-15H2,1-3H3,(H,29,32). The van der Waals surface area contributed by atoms with E-state index in [9.17, 15) is 9.59 Å². The Morgan fingerprint density at radius 1 is 1.09 bits per heavy atom. The second-order valence-electron chi connectivity index (χ2n) is 8.51. The molecule has 1 atom stereocenters. The Morgan fingerprint density at radius 3 is 2.48 bits per heavy atom. The highest BCUT2D eigenvalue weighted by Crippen LogP contribution is 2.21. The molecular weight excluding hydrogens is 459 g/mol. The highest BCUT2D eigenvalue weighted by molar-refractivity contribution is 6.36. The van der Waals surface area contributed by atoms with Crippen molar-refractivity contribution in [3.63, 3.8) is 0 Å². The molecule has 1 heterocycles. The lowest BCUT2D eigenvalue weighted by molar-refractivity contribution is -0.132. The Kier molecular flexibility index (Phi) is 8.53. The summed E-state index contributed by atoms with van der Waals surface area (Å²) in [4.78, 5) is 27.6. The summed E-state index contributed by atoms with van der Waals surface area (Å²) >= 11 is 12.1. The van der Waals surface area contributed by atoms with Gasteiger partial charge in [-0.2, -0.15) is 5.10 Å². The molecule has 2 aromatic carbocycles. The molecule has 0 saturated heterocycles. The van der Waals surface area contributed by atoms with Gasteiger partial charge in [-0.1, -0.05) is 67.4 Å². The van der Waals surface area contributed by atoms with Crippen LogP contribution in [0.15, 0.2) is 60.9 Å². The minimum absolute atomic E-state index is 0.169. The summed E-state index contributed by atoms with van der Waals surface area (Å²) in [6.45, 7) is 5.07. The molecule has 174 valence electrons. The number of hydrogen-bond donors (Lipinski definition) is 1. The number of halogens is 2. The molecule has 0 fully saturated rings. The number of likely N-dealkylation sites (N-methyl/N-ethyl adjacent to an activating group) is 1. The summed E-state index contributed by atoms with van der Waals surface area (Å²) in [6, 6.07) is 14.0. The number of benzene rings is 2. The Balaban J connectivity index is 1.66. The van der Waals surface area contributed by atoms with Gasteiger partial charge in [0.05, 0.1) is 23.3 Å². The molecule has 6 nitrogen and oxygen atoms in total. The van der Waals surface area contributed by atoms with Gasteiger partial charge in [0.15, 0.2) is 0 Å².